The molecule has 0 aliphatic carbocycles. The van der Waals surface area contributed by atoms with Crippen LogP contribution >= 0.6 is 0 Å². The Morgan fingerprint density at radius 2 is 1.97 bits per heavy atom. The number of nitrogens with zero attached hydrogens (tertiary/aromatic N) is 3. The van der Waals surface area contributed by atoms with E-state index in [0.717, 1.165) is 6.20 Å². The highest BCUT2D eigenvalue weighted by atomic mass is 19.4. The number of morpholine rings is 1. The molecule has 1 aliphatic rings. The molecule has 0 bridgehead atoms. The van der Waals surface area contributed by atoms with Crippen molar-refractivity contribution < 1.29 is 27.8 Å². The van der Waals surface area contributed by atoms with Crippen molar-refractivity contribution >= 4 is 34.4 Å². The number of benzene rings is 1. The highest BCUT2D eigenvalue weighted by Gasteiger charge is 2.35. The standard InChI is InChI=1S/C22H25F3N6O3/c1-4-26-18-17-14(22(23,24)25)8-27-19(17)30-21(29-18)28-15-6-5-13(7-16(15)32)20(33)31-9-11(2)34-12(3)10-31/h5-8,11-12,32H,4,9-10H2,1-3H3,(H3,26,27,28,29,30)/t11-,12+. The molecule has 2 aromatic heterocycles. The van der Waals surface area contributed by atoms with Crippen molar-refractivity contribution in [2.75, 3.05) is 30.3 Å². The van der Waals surface area contributed by atoms with Gasteiger partial charge in [-0.15, -0.1) is 0 Å². The van der Waals surface area contributed by atoms with E-state index in [1.165, 1.54) is 12.1 Å². The number of phenols is 1. The molecule has 0 unspecified atom stereocenters. The second-order valence-corrected chi connectivity index (χ2v) is 8.17. The fourth-order valence-electron chi connectivity index (χ4n) is 4.02. The summed E-state index contributed by atoms with van der Waals surface area (Å²) in [5.74, 6) is -0.479. The molecular weight excluding hydrogens is 453 g/mol. The van der Waals surface area contributed by atoms with E-state index >= 15 is 0 Å². The largest absolute Gasteiger partial charge is 0.506 e. The smallest absolute Gasteiger partial charge is 0.418 e. The van der Waals surface area contributed by atoms with Crippen LogP contribution < -0.4 is 10.6 Å². The number of aromatic nitrogens is 3. The number of halogens is 3. The number of rotatable bonds is 5. The first-order valence-electron chi connectivity index (χ1n) is 10.8. The van der Waals surface area contributed by atoms with Gasteiger partial charge in [0.2, 0.25) is 5.95 Å². The van der Waals surface area contributed by atoms with Crippen LogP contribution in [0.2, 0.25) is 0 Å². The molecule has 2 atom stereocenters. The molecule has 3 aromatic rings. The number of hydrogen-bond donors (Lipinski definition) is 4. The van der Waals surface area contributed by atoms with Crippen molar-refractivity contribution in [2.24, 2.45) is 0 Å². The first-order valence-corrected chi connectivity index (χ1v) is 10.8. The Hall–Kier alpha value is -3.54. The molecule has 0 spiro atoms. The van der Waals surface area contributed by atoms with E-state index in [-0.39, 0.29) is 52.4 Å². The Balaban J connectivity index is 1.60. The van der Waals surface area contributed by atoms with Crippen LogP contribution in [0.1, 0.15) is 36.7 Å². The summed E-state index contributed by atoms with van der Waals surface area (Å²) in [6.45, 7) is 6.75. The lowest BCUT2D eigenvalue weighted by molar-refractivity contribution is -0.136. The van der Waals surface area contributed by atoms with E-state index < -0.39 is 11.7 Å². The summed E-state index contributed by atoms with van der Waals surface area (Å²) < 4.78 is 45.7. The first-order chi connectivity index (χ1) is 16.1. The molecule has 4 rings (SSSR count). The van der Waals surface area contributed by atoms with Gasteiger partial charge >= 0.3 is 6.18 Å². The van der Waals surface area contributed by atoms with E-state index in [1.807, 2.05) is 13.8 Å². The number of fused-ring (bicyclic) bond motifs is 1. The van der Waals surface area contributed by atoms with Crippen molar-refractivity contribution in [3.63, 3.8) is 0 Å². The summed E-state index contributed by atoms with van der Waals surface area (Å²) in [6, 6.07) is 4.37. The molecule has 182 valence electrons. The topological polar surface area (TPSA) is 115 Å². The van der Waals surface area contributed by atoms with Crippen LogP contribution in [0.3, 0.4) is 0 Å². The molecule has 1 aliphatic heterocycles. The number of aromatic amines is 1. The van der Waals surface area contributed by atoms with Gasteiger partial charge in [0, 0.05) is 31.4 Å². The number of ether oxygens (including phenoxy) is 1. The van der Waals surface area contributed by atoms with Gasteiger partial charge in [-0.3, -0.25) is 4.79 Å². The number of alkyl halides is 3. The minimum Gasteiger partial charge on any atom is -0.506 e. The molecular formula is C22H25F3N6O3. The molecule has 34 heavy (non-hydrogen) atoms. The second kappa shape index (κ2) is 9.01. The van der Waals surface area contributed by atoms with Gasteiger partial charge in [0.05, 0.1) is 28.8 Å². The predicted octanol–water partition coefficient (Wildman–Crippen LogP) is 4.11. The van der Waals surface area contributed by atoms with Crippen LogP contribution in [-0.2, 0) is 10.9 Å². The number of amides is 1. The third kappa shape index (κ3) is 4.72. The van der Waals surface area contributed by atoms with Crippen molar-refractivity contribution in [1.29, 1.82) is 0 Å². The highest BCUT2D eigenvalue weighted by molar-refractivity contribution is 5.96. The molecule has 9 nitrogen and oxygen atoms in total. The molecule has 12 heteroatoms. The Morgan fingerprint density at radius 3 is 2.59 bits per heavy atom. The number of carbonyl (C=O) groups is 1. The van der Waals surface area contributed by atoms with Crippen LogP contribution in [0.5, 0.6) is 5.75 Å². The van der Waals surface area contributed by atoms with Crippen LogP contribution in [0, 0.1) is 0 Å². The third-order valence-corrected chi connectivity index (χ3v) is 5.38. The van der Waals surface area contributed by atoms with E-state index in [1.54, 1.807) is 17.9 Å². The van der Waals surface area contributed by atoms with Gasteiger partial charge in [0.1, 0.15) is 17.2 Å². The maximum atomic E-state index is 13.4. The SMILES string of the molecule is CCNc1nc(Nc2ccc(C(=O)N3C[C@@H](C)O[C@@H](C)C3)cc2O)nc2[nH]cc(C(F)(F)F)c12. The fraction of sp³-hybridized carbons (Fsp3) is 0.409. The van der Waals surface area contributed by atoms with Crippen molar-refractivity contribution in [3.8, 4) is 5.75 Å². The van der Waals surface area contributed by atoms with Gasteiger partial charge in [0.15, 0.2) is 0 Å². The zero-order valence-electron chi connectivity index (χ0n) is 18.8. The van der Waals surface area contributed by atoms with Gasteiger partial charge < -0.3 is 30.4 Å². The van der Waals surface area contributed by atoms with Crippen LogP contribution in [0.4, 0.5) is 30.6 Å². The summed E-state index contributed by atoms with van der Waals surface area (Å²) in [4.78, 5) is 25.4. The molecule has 3 heterocycles. The number of carbonyl (C=O) groups excluding carboxylic acids is 1. The Labute approximate surface area is 193 Å². The zero-order valence-corrected chi connectivity index (χ0v) is 18.8. The Kier molecular flexibility index (Phi) is 6.26. The van der Waals surface area contributed by atoms with E-state index in [2.05, 4.69) is 25.6 Å². The van der Waals surface area contributed by atoms with Crippen LogP contribution in [0.25, 0.3) is 11.0 Å². The molecule has 4 N–H and O–H groups in total. The Bertz CT molecular complexity index is 1200. The van der Waals surface area contributed by atoms with E-state index in [9.17, 15) is 23.1 Å². The molecule has 1 fully saturated rings. The van der Waals surface area contributed by atoms with Gasteiger partial charge in [-0.2, -0.15) is 23.1 Å². The average molecular weight is 478 g/mol. The lowest BCUT2D eigenvalue weighted by Gasteiger charge is -2.35. The monoisotopic (exact) mass is 478 g/mol. The minimum atomic E-state index is -4.57. The molecule has 0 saturated carbocycles. The lowest BCUT2D eigenvalue weighted by Crippen LogP contribution is -2.48. The molecule has 1 aromatic carbocycles. The summed E-state index contributed by atoms with van der Waals surface area (Å²) in [5.41, 5.74) is -0.386. The fourth-order valence-corrected chi connectivity index (χ4v) is 4.02. The minimum absolute atomic E-state index is 0.00502. The number of aromatic hydroxyl groups is 1. The zero-order chi connectivity index (χ0) is 24.6. The van der Waals surface area contributed by atoms with Gasteiger partial charge in [0.25, 0.3) is 5.91 Å². The number of phenolic OH excluding ortho intramolecular Hbond substituents is 1. The average Bonchev–Trinajstić information content (AvgIpc) is 3.19. The molecule has 1 saturated heterocycles. The van der Waals surface area contributed by atoms with E-state index in [4.69, 9.17) is 4.74 Å². The van der Waals surface area contributed by atoms with Crippen molar-refractivity contribution in [2.45, 2.75) is 39.2 Å². The third-order valence-electron chi connectivity index (χ3n) is 5.38. The summed E-state index contributed by atoms with van der Waals surface area (Å²) in [7, 11) is 0. The van der Waals surface area contributed by atoms with Gasteiger partial charge in [-0.25, -0.2) is 0 Å². The maximum absolute atomic E-state index is 13.4. The summed E-state index contributed by atoms with van der Waals surface area (Å²) in [5, 5.41) is 16.0. The number of hydrogen-bond acceptors (Lipinski definition) is 7. The lowest BCUT2D eigenvalue weighted by atomic mass is 10.1. The summed E-state index contributed by atoms with van der Waals surface area (Å²) in [6.07, 6.45) is -3.91. The number of H-pyrrole nitrogens is 1. The quantitative estimate of drug-likeness (QED) is 0.408. The predicted molar refractivity (Wildman–Crippen MR) is 120 cm³/mol. The van der Waals surface area contributed by atoms with Gasteiger partial charge in [-0.05, 0) is 39.0 Å². The normalized spacial score (nSPS) is 18.8. The van der Waals surface area contributed by atoms with Gasteiger partial charge in [-0.1, -0.05) is 0 Å². The highest BCUT2D eigenvalue weighted by Crippen LogP contribution is 2.38. The van der Waals surface area contributed by atoms with Crippen LogP contribution in [0.15, 0.2) is 24.4 Å². The van der Waals surface area contributed by atoms with Crippen molar-refractivity contribution in [1.82, 2.24) is 19.9 Å². The maximum Gasteiger partial charge on any atom is 0.418 e. The molecule has 1 amide bonds. The van der Waals surface area contributed by atoms with Crippen molar-refractivity contribution in [3.05, 3.63) is 35.5 Å². The van der Waals surface area contributed by atoms with E-state index in [0.29, 0.717) is 25.2 Å². The first kappa shape index (κ1) is 23.6. The number of nitrogens with one attached hydrogen (secondary N) is 3. The molecule has 0 radical (unpaired) electrons. The Morgan fingerprint density at radius 1 is 1.26 bits per heavy atom. The number of anilines is 3. The second-order valence-electron chi connectivity index (χ2n) is 8.17. The van der Waals surface area contributed by atoms with Crippen LogP contribution in [-0.4, -0.2) is 62.7 Å². The summed E-state index contributed by atoms with van der Waals surface area (Å²) >= 11 is 0.